The Labute approximate surface area is 78.7 Å². The Balaban J connectivity index is 2.29. The van der Waals surface area contributed by atoms with Gasteiger partial charge in [0, 0.05) is 6.42 Å². The topological polar surface area (TPSA) is 35.5 Å². The molecule has 0 N–H and O–H groups in total. The van der Waals surface area contributed by atoms with Gasteiger partial charge in [-0.25, -0.2) is 0 Å². The van der Waals surface area contributed by atoms with E-state index < -0.39 is 5.79 Å². The van der Waals surface area contributed by atoms with E-state index in [1.807, 2.05) is 13.0 Å². The number of carbonyl (C=O) groups excluding carboxylic acids is 1. The predicted molar refractivity (Wildman–Crippen MR) is 49.4 cm³/mol. The van der Waals surface area contributed by atoms with Crippen LogP contribution in [0.4, 0.5) is 0 Å². The van der Waals surface area contributed by atoms with E-state index in [1.165, 1.54) is 0 Å². The highest BCUT2D eigenvalue weighted by molar-refractivity contribution is 5.71. The molecule has 1 fully saturated rings. The number of aldehydes is 1. The normalized spacial score (nSPS) is 21.8. The van der Waals surface area contributed by atoms with Crippen LogP contribution >= 0.6 is 0 Å². The lowest BCUT2D eigenvalue weighted by molar-refractivity contribution is -0.145. The van der Waals surface area contributed by atoms with E-state index in [0.717, 1.165) is 24.7 Å². The molecule has 1 aliphatic rings. The van der Waals surface area contributed by atoms with Gasteiger partial charge in [0.05, 0.1) is 13.2 Å². The van der Waals surface area contributed by atoms with Gasteiger partial charge in [-0.2, -0.15) is 0 Å². The smallest absolute Gasteiger partial charge is 0.166 e. The van der Waals surface area contributed by atoms with Crippen molar-refractivity contribution in [3.63, 3.8) is 0 Å². The number of hydrogen-bond acceptors (Lipinski definition) is 3. The van der Waals surface area contributed by atoms with Crippen molar-refractivity contribution in [1.82, 2.24) is 0 Å². The highest BCUT2D eigenvalue weighted by Crippen LogP contribution is 2.24. The van der Waals surface area contributed by atoms with Gasteiger partial charge in [-0.15, -0.1) is 0 Å². The zero-order valence-electron chi connectivity index (χ0n) is 8.21. The molecular formula is C10H16O3. The summed E-state index contributed by atoms with van der Waals surface area (Å²) < 4.78 is 10.8. The van der Waals surface area contributed by atoms with Crippen LogP contribution in [0.25, 0.3) is 0 Å². The fraction of sp³-hybridized carbons (Fsp3) is 0.700. The number of ether oxygens (including phenoxy) is 2. The lowest BCUT2D eigenvalue weighted by atomic mass is 10.1. The molecule has 0 amide bonds. The number of hydrogen-bond donors (Lipinski definition) is 0. The third-order valence-corrected chi connectivity index (χ3v) is 2.15. The van der Waals surface area contributed by atoms with Crippen molar-refractivity contribution in [2.24, 2.45) is 0 Å². The molecule has 0 bridgehead atoms. The second kappa shape index (κ2) is 4.53. The van der Waals surface area contributed by atoms with E-state index >= 15 is 0 Å². The van der Waals surface area contributed by atoms with Crippen molar-refractivity contribution in [2.45, 2.75) is 32.5 Å². The van der Waals surface area contributed by atoms with E-state index in [4.69, 9.17) is 9.47 Å². The van der Waals surface area contributed by atoms with Gasteiger partial charge in [0.15, 0.2) is 5.79 Å². The van der Waals surface area contributed by atoms with Crippen LogP contribution in [-0.4, -0.2) is 25.3 Å². The van der Waals surface area contributed by atoms with Crippen molar-refractivity contribution < 1.29 is 14.3 Å². The van der Waals surface area contributed by atoms with Crippen LogP contribution in [-0.2, 0) is 14.3 Å². The average Bonchev–Trinajstić information content (AvgIpc) is 2.52. The van der Waals surface area contributed by atoms with Gasteiger partial charge in [0.1, 0.15) is 6.29 Å². The SMILES string of the molecule is CC(C=O)=CCCC1(C)OCCO1. The molecule has 0 unspecified atom stereocenters. The number of carbonyl (C=O) groups is 1. The summed E-state index contributed by atoms with van der Waals surface area (Å²) in [7, 11) is 0. The summed E-state index contributed by atoms with van der Waals surface area (Å²) >= 11 is 0. The summed E-state index contributed by atoms with van der Waals surface area (Å²) in [5, 5.41) is 0. The van der Waals surface area contributed by atoms with E-state index in [1.54, 1.807) is 6.92 Å². The van der Waals surface area contributed by atoms with Gasteiger partial charge < -0.3 is 9.47 Å². The Morgan fingerprint density at radius 2 is 2.08 bits per heavy atom. The lowest BCUT2D eigenvalue weighted by Crippen LogP contribution is -2.24. The summed E-state index contributed by atoms with van der Waals surface area (Å²) in [6, 6.07) is 0. The van der Waals surface area contributed by atoms with E-state index in [-0.39, 0.29) is 0 Å². The summed E-state index contributed by atoms with van der Waals surface area (Å²) in [6.45, 7) is 5.08. The summed E-state index contributed by atoms with van der Waals surface area (Å²) in [6.07, 6.45) is 4.39. The first-order valence-electron chi connectivity index (χ1n) is 4.56. The van der Waals surface area contributed by atoms with E-state index in [9.17, 15) is 4.79 Å². The predicted octanol–water partition coefficient (Wildman–Crippen LogP) is 1.67. The molecule has 0 aromatic rings. The Morgan fingerprint density at radius 1 is 1.46 bits per heavy atom. The Hall–Kier alpha value is -0.670. The Kier molecular flexibility index (Phi) is 3.63. The lowest BCUT2D eigenvalue weighted by Gasteiger charge is -2.21. The minimum absolute atomic E-state index is 0.431. The molecule has 0 saturated carbocycles. The molecule has 0 aromatic carbocycles. The van der Waals surface area contributed by atoms with Gasteiger partial charge >= 0.3 is 0 Å². The molecule has 3 nitrogen and oxygen atoms in total. The number of allylic oxidation sites excluding steroid dienone is 2. The zero-order valence-corrected chi connectivity index (χ0v) is 8.21. The minimum atomic E-state index is -0.431. The van der Waals surface area contributed by atoms with Gasteiger partial charge in [-0.1, -0.05) is 6.08 Å². The van der Waals surface area contributed by atoms with Crippen LogP contribution in [0.15, 0.2) is 11.6 Å². The third-order valence-electron chi connectivity index (χ3n) is 2.15. The van der Waals surface area contributed by atoms with Crippen molar-refractivity contribution in [3.05, 3.63) is 11.6 Å². The van der Waals surface area contributed by atoms with Gasteiger partial charge in [-0.3, -0.25) is 4.79 Å². The van der Waals surface area contributed by atoms with Crippen LogP contribution < -0.4 is 0 Å². The molecule has 0 atom stereocenters. The number of rotatable bonds is 4. The fourth-order valence-corrected chi connectivity index (χ4v) is 1.31. The molecule has 1 aliphatic heterocycles. The highest BCUT2D eigenvalue weighted by Gasteiger charge is 2.29. The monoisotopic (exact) mass is 184 g/mol. The zero-order chi connectivity index (χ0) is 9.73. The maximum absolute atomic E-state index is 10.3. The molecule has 1 saturated heterocycles. The minimum Gasteiger partial charge on any atom is -0.348 e. The summed E-state index contributed by atoms with van der Waals surface area (Å²) in [4.78, 5) is 10.3. The maximum Gasteiger partial charge on any atom is 0.166 e. The van der Waals surface area contributed by atoms with Crippen molar-refractivity contribution >= 4 is 6.29 Å². The van der Waals surface area contributed by atoms with Crippen LogP contribution in [0.2, 0.25) is 0 Å². The molecule has 0 radical (unpaired) electrons. The van der Waals surface area contributed by atoms with Crippen molar-refractivity contribution in [3.8, 4) is 0 Å². The van der Waals surface area contributed by atoms with Crippen LogP contribution in [0.5, 0.6) is 0 Å². The second-order valence-electron chi connectivity index (χ2n) is 3.44. The molecule has 0 aliphatic carbocycles. The molecule has 74 valence electrons. The summed E-state index contributed by atoms with van der Waals surface area (Å²) in [5.74, 6) is -0.431. The summed E-state index contributed by atoms with van der Waals surface area (Å²) in [5.41, 5.74) is 0.765. The van der Waals surface area contributed by atoms with Gasteiger partial charge in [0.2, 0.25) is 0 Å². The fourth-order valence-electron chi connectivity index (χ4n) is 1.31. The molecule has 13 heavy (non-hydrogen) atoms. The molecular weight excluding hydrogens is 168 g/mol. The van der Waals surface area contributed by atoms with Crippen LogP contribution in [0.1, 0.15) is 26.7 Å². The van der Waals surface area contributed by atoms with E-state index in [2.05, 4.69) is 0 Å². The quantitative estimate of drug-likeness (QED) is 0.492. The first-order valence-corrected chi connectivity index (χ1v) is 4.56. The maximum atomic E-state index is 10.3. The molecule has 0 aromatic heterocycles. The van der Waals surface area contributed by atoms with Crippen molar-refractivity contribution in [2.75, 3.05) is 13.2 Å². The largest absolute Gasteiger partial charge is 0.348 e. The third kappa shape index (κ3) is 3.28. The Bertz CT molecular complexity index is 202. The van der Waals surface area contributed by atoms with Crippen molar-refractivity contribution in [1.29, 1.82) is 0 Å². The standard InChI is InChI=1S/C10H16O3/c1-9(8-11)4-3-5-10(2)12-6-7-13-10/h4,8H,3,5-7H2,1-2H3. The second-order valence-corrected chi connectivity index (χ2v) is 3.44. The van der Waals surface area contributed by atoms with Gasteiger partial charge in [-0.05, 0) is 25.8 Å². The first-order chi connectivity index (χ1) is 6.16. The molecule has 1 heterocycles. The molecule has 3 heteroatoms. The first kappa shape index (κ1) is 10.4. The molecule has 0 spiro atoms. The van der Waals surface area contributed by atoms with E-state index in [0.29, 0.717) is 13.2 Å². The highest BCUT2D eigenvalue weighted by atomic mass is 16.7. The average molecular weight is 184 g/mol. The van der Waals surface area contributed by atoms with Gasteiger partial charge in [0.25, 0.3) is 0 Å². The molecule has 1 rings (SSSR count). The van der Waals surface area contributed by atoms with Crippen LogP contribution in [0, 0.1) is 0 Å². The Morgan fingerprint density at radius 3 is 2.62 bits per heavy atom. The van der Waals surface area contributed by atoms with Crippen LogP contribution in [0.3, 0.4) is 0 Å².